The topological polar surface area (TPSA) is 270 Å². The van der Waals surface area contributed by atoms with Gasteiger partial charge in [0.2, 0.25) is 41.4 Å². The second-order valence-electron chi connectivity index (χ2n) is 17.7. The van der Waals surface area contributed by atoms with Crippen molar-refractivity contribution in [2.24, 2.45) is 5.73 Å². The third-order valence-electron chi connectivity index (χ3n) is 12.6. The molecule has 0 saturated carbocycles. The van der Waals surface area contributed by atoms with E-state index < -0.39 is 90.9 Å². The highest BCUT2D eigenvalue weighted by Crippen LogP contribution is 2.26. The zero-order valence-electron chi connectivity index (χ0n) is 38.9. The number of nitrogens with two attached hydrogens (primary N) is 1. The van der Waals surface area contributed by atoms with Gasteiger partial charge < -0.3 is 52.3 Å². The van der Waals surface area contributed by atoms with Gasteiger partial charge in [0.25, 0.3) is 0 Å². The first-order valence-electron chi connectivity index (χ1n) is 23.5. The second-order valence-corrected chi connectivity index (χ2v) is 19.7. The molecule has 7 amide bonds. The van der Waals surface area contributed by atoms with Crippen molar-refractivity contribution in [3.05, 3.63) is 129 Å². The van der Waals surface area contributed by atoms with Crippen LogP contribution >= 0.6 is 22.7 Å². The number of hydrogen-bond acceptors (Lipinski definition) is 12. The molecule has 0 spiro atoms. The first-order chi connectivity index (χ1) is 34.3. The molecule has 5 aromatic rings. The molecule has 0 unspecified atom stereocenters. The Morgan fingerprint density at radius 1 is 0.606 bits per heavy atom. The van der Waals surface area contributed by atoms with Gasteiger partial charge in [-0.1, -0.05) is 84.9 Å². The molecule has 374 valence electrons. The van der Waals surface area contributed by atoms with Gasteiger partial charge in [0.15, 0.2) is 0 Å². The van der Waals surface area contributed by atoms with Crippen molar-refractivity contribution in [3.63, 3.8) is 0 Å². The molecule has 0 bridgehead atoms. The Balaban J connectivity index is 0.947. The second kappa shape index (κ2) is 24.7. The number of aliphatic carboxylic acids is 1. The number of amides is 7. The lowest BCUT2D eigenvalue weighted by Gasteiger charge is -2.32. The van der Waals surface area contributed by atoms with Crippen LogP contribution in [-0.4, -0.2) is 136 Å². The largest absolute Gasteiger partial charge is 0.480 e. The standard InChI is InChI=1S/C51H58N8O10S2/c52-37(25-32-18-19-33-12-4-5-13-34(33)24-32)49(66)59-21-7-17-43(59)50(67)58-20-6-16-42(58)48(65)53-29-44(61)54-39(27-35-14-8-22-70-35)46(63)57-41(30-60)47(64)55-38(26-31-10-2-1-3-11-31)45(62)56-40(51(68)69)28-36-15-9-23-71-36/h1-5,8-15,18-19,22-24,37-43,60H,6-7,16-17,20-21,25-30,52H2,(H,53,65)(H,54,61)(H,55,64)(H,56,62)(H,57,63)(H,68,69)/t37-,38-,39+,40+,41+,42+,43+/m1/s1. The normalized spacial score (nSPS) is 17.6. The molecule has 2 aromatic heterocycles. The number of aliphatic hydroxyl groups excluding tert-OH is 1. The summed E-state index contributed by atoms with van der Waals surface area (Å²) in [5.41, 5.74) is 7.99. The minimum atomic E-state index is -1.60. The number of fused-ring (bicyclic) bond motifs is 1. The summed E-state index contributed by atoms with van der Waals surface area (Å²) in [5, 5.41) is 38.7. The monoisotopic (exact) mass is 1010 g/mol. The summed E-state index contributed by atoms with van der Waals surface area (Å²) in [7, 11) is 0. The number of benzene rings is 3. The molecule has 0 aliphatic carbocycles. The molecule has 3 aromatic carbocycles. The number of likely N-dealkylation sites (tertiary alicyclic amines) is 2. The number of aliphatic hydroxyl groups is 1. The van der Waals surface area contributed by atoms with E-state index in [1.807, 2.05) is 42.5 Å². The van der Waals surface area contributed by atoms with E-state index in [2.05, 4.69) is 26.6 Å². The van der Waals surface area contributed by atoms with Crippen molar-refractivity contribution in [1.29, 1.82) is 0 Å². The van der Waals surface area contributed by atoms with Crippen LogP contribution in [0.25, 0.3) is 10.8 Å². The number of rotatable bonds is 22. The lowest BCUT2D eigenvalue weighted by atomic mass is 10.0. The fourth-order valence-electron chi connectivity index (χ4n) is 8.97. The van der Waals surface area contributed by atoms with Crippen molar-refractivity contribution in [1.82, 2.24) is 36.4 Å². The Kier molecular flexibility index (Phi) is 18.0. The van der Waals surface area contributed by atoms with E-state index in [0.29, 0.717) is 42.7 Å². The van der Waals surface area contributed by atoms with Crippen LogP contribution in [0.5, 0.6) is 0 Å². The number of carboxylic acid groups (broad SMARTS) is 1. The van der Waals surface area contributed by atoms with E-state index >= 15 is 0 Å². The lowest BCUT2D eigenvalue weighted by molar-refractivity contribution is -0.147. The minimum absolute atomic E-state index is 0.00684. The van der Waals surface area contributed by atoms with Crippen LogP contribution < -0.4 is 32.3 Å². The van der Waals surface area contributed by atoms with Crippen LogP contribution in [0, 0.1) is 0 Å². The van der Waals surface area contributed by atoms with Crippen molar-refractivity contribution in [2.75, 3.05) is 26.2 Å². The molecule has 18 nitrogen and oxygen atoms in total. The molecule has 71 heavy (non-hydrogen) atoms. The summed E-state index contributed by atoms with van der Waals surface area (Å²) in [4.78, 5) is 113. The summed E-state index contributed by atoms with van der Waals surface area (Å²) in [6.07, 6.45) is 2.10. The highest BCUT2D eigenvalue weighted by atomic mass is 32.1. The zero-order valence-corrected chi connectivity index (χ0v) is 40.5. The Morgan fingerprint density at radius 3 is 1.83 bits per heavy atom. The maximum absolute atomic E-state index is 14.1. The molecule has 2 aliphatic heterocycles. The predicted molar refractivity (Wildman–Crippen MR) is 267 cm³/mol. The Hall–Kier alpha value is -7.00. The van der Waals surface area contributed by atoms with E-state index in [4.69, 9.17) is 5.73 Å². The number of thiophene rings is 2. The zero-order chi connectivity index (χ0) is 50.4. The van der Waals surface area contributed by atoms with Crippen LogP contribution in [0.4, 0.5) is 0 Å². The minimum Gasteiger partial charge on any atom is -0.480 e. The summed E-state index contributed by atoms with van der Waals surface area (Å²) >= 11 is 2.64. The van der Waals surface area contributed by atoms with Crippen molar-refractivity contribution >= 4 is 80.8 Å². The first kappa shape index (κ1) is 51.8. The summed E-state index contributed by atoms with van der Waals surface area (Å²) < 4.78 is 0. The van der Waals surface area contributed by atoms with Crippen molar-refractivity contribution < 1.29 is 48.6 Å². The van der Waals surface area contributed by atoms with Gasteiger partial charge in [0.05, 0.1) is 19.2 Å². The average molecular weight is 1010 g/mol. The molecule has 4 heterocycles. The predicted octanol–water partition coefficient (Wildman–Crippen LogP) is 1.68. The fourth-order valence-corrected chi connectivity index (χ4v) is 10.5. The van der Waals surface area contributed by atoms with Gasteiger partial charge in [-0.25, -0.2) is 4.79 Å². The van der Waals surface area contributed by atoms with Gasteiger partial charge in [-0.3, -0.25) is 33.6 Å². The Morgan fingerprint density at radius 2 is 1.18 bits per heavy atom. The number of carboxylic acids is 1. The van der Waals surface area contributed by atoms with Gasteiger partial charge in [-0.15, -0.1) is 22.7 Å². The average Bonchev–Trinajstić information content (AvgIpc) is 4.24. The number of carbonyl (C=O) groups is 8. The van der Waals surface area contributed by atoms with E-state index in [-0.39, 0.29) is 44.0 Å². The van der Waals surface area contributed by atoms with E-state index in [1.54, 1.807) is 65.4 Å². The Bertz CT molecular complexity index is 2670. The molecule has 9 N–H and O–H groups in total. The molecule has 0 radical (unpaired) electrons. The lowest BCUT2D eigenvalue weighted by Crippen LogP contribution is -2.60. The van der Waals surface area contributed by atoms with E-state index in [9.17, 15) is 48.6 Å². The molecular weight excluding hydrogens is 949 g/mol. The summed E-state index contributed by atoms with van der Waals surface area (Å²) in [5.74, 6) is -5.91. The number of carbonyl (C=O) groups excluding carboxylic acids is 7. The quantitative estimate of drug-likeness (QED) is 0.0494. The molecule has 7 atom stereocenters. The summed E-state index contributed by atoms with van der Waals surface area (Å²) in [6.45, 7) is -0.825. The highest BCUT2D eigenvalue weighted by Gasteiger charge is 2.43. The smallest absolute Gasteiger partial charge is 0.326 e. The van der Waals surface area contributed by atoms with Crippen molar-refractivity contribution in [2.45, 2.75) is 93.7 Å². The molecule has 2 aliphatic rings. The van der Waals surface area contributed by atoms with Crippen LogP contribution in [-0.2, 0) is 64.0 Å². The van der Waals surface area contributed by atoms with Crippen molar-refractivity contribution in [3.8, 4) is 0 Å². The maximum atomic E-state index is 14.1. The van der Waals surface area contributed by atoms with E-state index in [0.717, 1.165) is 21.2 Å². The highest BCUT2D eigenvalue weighted by molar-refractivity contribution is 7.10. The van der Waals surface area contributed by atoms with Gasteiger partial charge in [-0.05, 0) is 76.9 Å². The number of hydrogen-bond donors (Lipinski definition) is 8. The molecule has 2 fully saturated rings. The fraction of sp³-hybridized carbons (Fsp3) is 0.373. The third-order valence-corrected chi connectivity index (χ3v) is 14.4. The molecule has 2 saturated heterocycles. The number of nitrogens with one attached hydrogen (secondary N) is 5. The van der Waals surface area contributed by atoms with Crippen LogP contribution in [0.15, 0.2) is 108 Å². The third kappa shape index (κ3) is 13.9. The van der Waals surface area contributed by atoms with Gasteiger partial charge >= 0.3 is 5.97 Å². The maximum Gasteiger partial charge on any atom is 0.326 e. The SMILES string of the molecule is N[C@H](Cc1ccc2ccccc2c1)C(=O)N1CCC[C@H]1C(=O)N1CCC[C@H]1C(=O)NCC(=O)N[C@@H](Cc1cccs1)C(=O)N[C@@H](CO)C(=O)N[C@H](Cc1ccccc1)C(=O)N[C@@H](Cc1cccs1)C(=O)O. The molecule has 20 heteroatoms. The Labute approximate surface area is 418 Å². The summed E-state index contributed by atoms with van der Waals surface area (Å²) in [6, 6.07) is 21.4. The van der Waals surface area contributed by atoms with E-state index in [1.165, 1.54) is 32.5 Å². The van der Waals surface area contributed by atoms with Gasteiger partial charge in [-0.2, -0.15) is 0 Å². The van der Waals surface area contributed by atoms with Crippen LogP contribution in [0.2, 0.25) is 0 Å². The molecular formula is C51H58N8O10S2. The van der Waals surface area contributed by atoms with Crippen LogP contribution in [0.1, 0.15) is 46.6 Å². The van der Waals surface area contributed by atoms with Gasteiger partial charge in [0, 0.05) is 42.1 Å². The molecule has 7 rings (SSSR count). The number of nitrogens with zero attached hydrogens (tertiary/aromatic N) is 2. The van der Waals surface area contributed by atoms with Gasteiger partial charge in [0.1, 0.15) is 36.3 Å². The first-order valence-corrected chi connectivity index (χ1v) is 25.3. The van der Waals surface area contributed by atoms with Crippen LogP contribution in [0.3, 0.4) is 0 Å².